The summed E-state index contributed by atoms with van der Waals surface area (Å²) in [6.07, 6.45) is 14.0. The van der Waals surface area contributed by atoms with Crippen LogP contribution in [0.15, 0.2) is 29.8 Å². The Kier molecular flexibility index (Phi) is 13.6. The van der Waals surface area contributed by atoms with Crippen molar-refractivity contribution in [2.75, 3.05) is 0 Å². The molecule has 0 saturated heterocycles. The predicted molar refractivity (Wildman–Crippen MR) is 178 cm³/mol. The summed E-state index contributed by atoms with van der Waals surface area (Å²) in [6.45, 7) is 16.1. The molecule has 0 heterocycles. The molecule has 1 N–H and O–H groups in total. The standard InChI is InChI=1S/C36H56O9S2.2Na/c1-24-10-13-30-33(4,20-14-31-35(6)19-8-16-32(2,3)29(35)15-21-36(31,7)37)17-9-18-34(30,5)27(24)23-25-22-26(44-46(38,39)40)11-12-28(25)45-47(41,42)43;;/h10-12,22,27,29-31,37H,8-9,13-21,23H2,1-7H3,(H,38,39,40)(H,41,42,43);;/q;2*+1/p-2/t27-,29-,30-,31+,33+,34+,35-,36-;;/m0../s1. The van der Waals surface area contributed by atoms with Gasteiger partial charge in [-0.15, -0.1) is 0 Å². The van der Waals surface area contributed by atoms with Gasteiger partial charge in [-0.25, -0.2) is 16.8 Å². The van der Waals surface area contributed by atoms with Crippen LogP contribution >= 0.6 is 0 Å². The molecule has 0 bridgehead atoms. The van der Waals surface area contributed by atoms with Crippen LogP contribution < -0.4 is 67.5 Å². The molecule has 0 unspecified atom stereocenters. The van der Waals surface area contributed by atoms with Crippen molar-refractivity contribution >= 4 is 20.8 Å². The summed E-state index contributed by atoms with van der Waals surface area (Å²) in [5.41, 5.74) is 0.896. The second kappa shape index (κ2) is 15.2. The van der Waals surface area contributed by atoms with Crippen molar-refractivity contribution in [1.82, 2.24) is 0 Å². The Bertz CT molecular complexity index is 1610. The molecule has 8 atom stereocenters. The molecule has 0 amide bonds. The molecular formula is C36H54Na2O9S2. The molecule has 13 heteroatoms. The van der Waals surface area contributed by atoms with Crippen molar-refractivity contribution in [3.8, 4) is 11.5 Å². The van der Waals surface area contributed by atoms with Gasteiger partial charge in [-0.3, -0.25) is 0 Å². The van der Waals surface area contributed by atoms with Crippen LogP contribution in [0.25, 0.3) is 0 Å². The van der Waals surface area contributed by atoms with Crippen LogP contribution in [0.5, 0.6) is 11.5 Å². The smallest absolute Gasteiger partial charge is 0.716 e. The van der Waals surface area contributed by atoms with Gasteiger partial charge in [-0.2, -0.15) is 0 Å². The van der Waals surface area contributed by atoms with Crippen molar-refractivity contribution in [1.29, 1.82) is 0 Å². The first-order valence-electron chi connectivity index (χ1n) is 17.3. The first-order valence-corrected chi connectivity index (χ1v) is 20.0. The fourth-order valence-corrected chi connectivity index (χ4v) is 12.4. The molecule has 4 aliphatic rings. The SMILES string of the molecule is CC1=CC[C@H]2[C@@](C)(CC[C@@H]3[C@@]4(C)CCCC(C)(C)[C@@H]4CC[C@]3(C)O)CCC[C@]2(C)[C@H]1Cc1cc(OS(=O)(=O)[O-])ccc1OS(=O)(=O)[O-].[Na+].[Na+]. The first kappa shape index (κ1) is 43.7. The van der Waals surface area contributed by atoms with Crippen molar-refractivity contribution < 1.29 is 98.5 Å². The molecule has 0 aliphatic heterocycles. The molecule has 3 saturated carbocycles. The molecule has 0 radical (unpaired) electrons. The quantitative estimate of drug-likeness (QED) is 0.172. The minimum atomic E-state index is -5.11. The van der Waals surface area contributed by atoms with Crippen LogP contribution in [0, 0.1) is 45.3 Å². The second-order valence-electron chi connectivity index (χ2n) is 17.1. The average molecular weight is 741 g/mol. The Morgan fingerprint density at radius 1 is 0.837 bits per heavy atom. The molecule has 5 rings (SSSR count). The van der Waals surface area contributed by atoms with Crippen molar-refractivity contribution in [3.63, 3.8) is 0 Å². The van der Waals surface area contributed by atoms with Gasteiger partial charge < -0.3 is 22.6 Å². The minimum Gasteiger partial charge on any atom is -0.716 e. The fourth-order valence-electron chi connectivity index (χ4n) is 11.7. The minimum absolute atomic E-state index is 0. The van der Waals surface area contributed by atoms with E-state index in [1.165, 1.54) is 18.9 Å². The Hall–Kier alpha value is 0.340. The number of benzene rings is 1. The molecule has 4 aliphatic carbocycles. The average Bonchev–Trinajstić information content (AvgIpc) is 2.89. The summed E-state index contributed by atoms with van der Waals surface area (Å²) < 4.78 is 78.2. The van der Waals surface area contributed by atoms with Crippen LogP contribution in [0.2, 0.25) is 0 Å². The fraction of sp³-hybridized carbons (Fsp3) is 0.778. The maximum Gasteiger partial charge on any atom is 1.00 e. The van der Waals surface area contributed by atoms with Gasteiger partial charge in [0, 0.05) is 5.56 Å². The molecule has 266 valence electrons. The zero-order valence-electron chi connectivity index (χ0n) is 31.1. The van der Waals surface area contributed by atoms with E-state index in [0.29, 0.717) is 11.8 Å². The summed E-state index contributed by atoms with van der Waals surface area (Å²) in [4.78, 5) is 0. The van der Waals surface area contributed by atoms with Crippen LogP contribution in [-0.2, 0) is 27.2 Å². The van der Waals surface area contributed by atoms with E-state index in [1.54, 1.807) is 0 Å². The molecule has 3 fully saturated rings. The molecule has 1 aromatic carbocycles. The van der Waals surface area contributed by atoms with E-state index in [1.807, 2.05) is 0 Å². The van der Waals surface area contributed by atoms with Gasteiger partial charge >= 0.3 is 59.1 Å². The number of rotatable bonds is 9. The van der Waals surface area contributed by atoms with E-state index < -0.39 is 26.4 Å². The molecule has 49 heavy (non-hydrogen) atoms. The van der Waals surface area contributed by atoms with Crippen LogP contribution in [0.1, 0.15) is 125 Å². The van der Waals surface area contributed by atoms with Crippen LogP contribution in [0.4, 0.5) is 0 Å². The van der Waals surface area contributed by atoms with E-state index in [4.69, 9.17) is 4.18 Å². The van der Waals surface area contributed by atoms with Gasteiger partial charge in [0.2, 0.25) is 0 Å². The summed E-state index contributed by atoms with van der Waals surface area (Å²) >= 11 is 0. The van der Waals surface area contributed by atoms with Crippen LogP contribution in [0.3, 0.4) is 0 Å². The summed E-state index contributed by atoms with van der Waals surface area (Å²) in [5, 5.41) is 11.9. The monoisotopic (exact) mass is 740 g/mol. The molecular weight excluding hydrogens is 687 g/mol. The predicted octanol–water partition coefficient (Wildman–Crippen LogP) is 1.47. The van der Waals surface area contributed by atoms with Gasteiger partial charge in [-0.05, 0) is 142 Å². The van der Waals surface area contributed by atoms with E-state index in [0.717, 1.165) is 75.5 Å². The number of hydrogen-bond acceptors (Lipinski definition) is 9. The van der Waals surface area contributed by atoms with E-state index in [2.05, 4.69) is 58.7 Å². The number of allylic oxidation sites excluding steroid dienone is 2. The van der Waals surface area contributed by atoms with Crippen molar-refractivity contribution in [3.05, 3.63) is 35.4 Å². The van der Waals surface area contributed by atoms with E-state index in [-0.39, 0.29) is 116 Å². The van der Waals surface area contributed by atoms with Crippen LogP contribution in [-0.4, -0.2) is 36.6 Å². The zero-order valence-corrected chi connectivity index (χ0v) is 36.8. The number of fused-ring (bicyclic) bond motifs is 2. The zero-order chi connectivity index (χ0) is 34.8. The molecule has 0 aromatic heterocycles. The van der Waals surface area contributed by atoms with Crippen molar-refractivity contribution in [2.24, 2.45) is 45.3 Å². The third kappa shape index (κ3) is 9.18. The largest absolute Gasteiger partial charge is 1.00 e. The Morgan fingerprint density at radius 2 is 1.45 bits per heavy atom. The first-order chi connectivity index (χ1) is 21.5. The Morgan fingerprint density at radius 3 is 2.08 bits per heavy atom. The van der Waals surface area contributed by atoms with Gasteiger partial charge in [0.1, 0.15) is 11.5 Å². The van der Waals surface area contributed by atoms with E-state index in [9.17, 15) is 31.0 Å². The number of hydrogen-bond donors (Lipinski definition) is 1. The molecule has 1 aromatic rings. The van der Waals surface area contributed by atoms with Gasteiger partial charge in [0.15, 0.2) is 0 Å². The molecule has 9 nitrogen and oxygen atoms in total. The maximum atomic E-state index is 11.9. The second-order valence-corrected chi connectivity index (χ2v) is 19.1. The van der Waals surface area contributed by atoms with Gasteiger partial charge in [0.25, 0.3) is 20.8 Å². The molecule has 0 spiro atoms. The van der Waals surface area contributed by atoms with Crippen molar-refractivity contribution in [2.45, 2.75) is 131 Å². The topological polar surface area (TPSA) is 153 Å². The normalized spacial score (nSPS) is 37.3. The van der Waals surface area contributed by atoms with Gasteiger partial charge in [-0.1, -0.05) is 59.1 Å². The summed E-state index contributed by atoms with van der Waals surface area (Å²) in [6, 6.07) is 3.55. The summed E-state index contributed by atoms with van der Waals surface area (Å²) in [5.74, 6) is 0.584. The number of aliphatic hydroxyl groups is 1. The maximum absolute atomic E-state index is 11.9. The Labute approximate surface area is 339 Å². The summed E-state index contributed by atoms with van der Waals surface area (Å²) in [7, 11) is -10.2. The van der Waals surface area contributed by atoms with E-state index >= 15 is 0 Å². The third-order valence-corrected chi connectivity index (χ3v) is 14.5. The van der Waals surface area contributed by atoms with Gasteiger partial charge in [0.05, 0.1) is 5.60 Å². The Balaban J connectivity index is 0.00000325. The third-order valence-electron chi connectivity index (χ3n) is 13.7.